The number of nitrogens with zero attached hydrogens (tertiary/aromatic N) is 1. The normalized spacial score (nSPS) is 12.4. The van der Waals surface area contributed by atoms with E-state index in [2.05, 4.69) is 10.3 Å². The molecule has 0 amide bonds. The summed E-state index contributed by atoms with van der Waals surface area (Å²) in [5, 5.41) is 2.86. The standard InChI is InChI=1S/C15H28N2O7P2/c1-6-21-25(18,22-7-2)15(26(19,23-8-3)24-9-4)17-14-11-10-13(20-5)12-16-14/h10-12,15H,6-9H2,1-5H3,(H,16,17). The molecule has 0 fully saturated rings. The van der Waals surface area contributed by atoms with Gasteiger partial charge in [0.1, 0.15) is 11.6 Å². The second-order valence-electron chi connectivity index (χ2n) is 4.85. The summed E-state index contributed by atoms with van der Waals surface area (Å²) in [7, 11) is -6.26. The first-order valence-corrected chi connectivity index (χ1v) is 11.7. The van der Waals surface area contributed by atoms with E-state index in [-0.39, 0.29) is 26.4 Å². The molecule has 0 saturated carbocycles. The molecule has 0 unspecified atom stereocenters. The van der Waals surface area contributed by atoms with Crippen LogP contribution in [0.3, 0.4) is 0 Å². The van der Waals surface area contributed by atoms with Crippen LogP contribution in [0.4, 0.5) is 5.82 Å². The van der Waals surface area contributed by atoms with Crippen LogP contribution in [0, 0.1) is 0 Å². The number of rotatable bonds is 13. The van der Waals surface area contributed by atoms with Crippen LogP contribution in [0.25, 0.3) is 0 Å². The monoisotopic (exact) mass is 410 g/mol. The van der Waals surface area contributed by atoms with Gasteiger partial charge in [-0.1, -0.05) is 0 Å². The molecule has 1 heterocycles. The van der Waals surface area contributed by atoms with Gasteiger partial charge in [0.05, 0.1) is 39.7 Å². The summed E-state index contributed by atoms with van der Waals surface area (Å²) in [5.74, 6) is 0.845. The molecule has 1 aromatic heterocycles. The Balaban J connectivity index is 3.33. The molecule has 0 bridgehead atoms. The highest BCUT2D eigenvalue weighted by Gasteiger charge is 2.51. The van der Waals surface area contributed by atoms with Crippen LogP contribution in [-0.2, 0) is 27.2 Å². The van der Waals surface area contributed by atoms with Crippen molar-refractivity contribution in [2.24, 2.45) is 0 Å². The molecule has 150 valence electrons. The second-order valence-corrected chi connectivity index (χ2v) is 9.48. The van der Waals surface area contributed by atoms with E-state index in [1.165, 1.54) is 13.3 Å². The van der Waals surface area contributed by atoms with Crippen LogP contribution in [0.1, 0.15) is 27.7 Å². The summed E-state index contributed by atoms with van der Waals surface area (Å²) in [4.78, 5) is 4.16. The van der Waals surface area contributed by atoms with Crippen molar-refractivity contribution in [2.75, 3.05) is 38.9 Å². The molecule has 0 radical (unpaired) electrons. The van der Waals surface area contributed by atoms with Gasteiger partial charge in [-0.15, -0.1) is 0 Å². The highest BCUT2D eigenvalue weighted by molar-refractivity contribution is 7.72. The van der Waals surface area contributed by atoms with Gasteiger partial charge in [0.15, 0.2) is 0 Å². The van der Waals surface area contributed by atoms with Crippen LogP contribution < -0.4 is 10.1 Å². The average Bonchev–Trinajstić information content (AvgIpc) is 2.61. The summed E-state index contributed by atoms with van der Waals surface area (Å²) in [6, 6.07) is 3.25. The first kappa shape index (κ1) is 23.1. The van der Waals surface area contributed by atoms with E-state index in [0.29, 0.717) is 11.6 Å². The SMILES string of the molecule is CCOP(=O)(OCC)C(Nc1ccc(OC)cn1)P(=O)(OCC)OCC. The number of aromatic nitrogens is 1. The van der Waals surface area contributed by atoms with Crippen molar-refractivity contribution >= 4 is 21.0 Å². The minimum atomic E-state index is -3.89. The van der Waals surface area contributed by atoms with Gasteiger partial charge >= 0.3 is 15.2 Å². The topological polar surface area (TPSA) is 105 Å². The van der Waals surface area contributed by atoms with Crippen molar-refractivity contribution in [2.45, 2.75) is 33.2 Å². The van der Waals surface area contributed by atoms with E-state index < -0.39 is 20.7 Å². The molecule has 0 atom stereocenters. The van der Waals surface area contributed by atoms with Crippen molar-refractivity contribution in [3.63, 3.8) is 0 Å². The zero-order valence-electron chi connectivity index (χ0n) is 15.8. The fourth-order valence-corrected chi connectivity index (χ4v) is 7.05. The Labute approximate surface area is 154 Å². The number of anilines is 1. The number of hydrogen-bond acceptors (Lipinski definition) is 9. The molecule has 1 N–H and O–H groups in total. The molecule has 0 aliphatic carbocycles. The van der Waals surface area contributed by atoms with Gasteiger partial charge in [-0.05, 0) is 39.8 Å². The molecule has 11 heteroatoms. The predicted molar refractivity (Wildman–Crippen MR) is 99.9 cm³/mol. The predicted octanol–water partition coefficient (Wildman–Crippen LogP) is 4.32. The number of methoxy groups -OCH3 is 1. The number of pyridine rings is 1. The lowest BCUT2D eigenvalue weighted by atomic mass is 10.4. The van der Waals surface area contributed by atoms with Crippen LogP contribution >= 0.6 is 15.2 Å². The van der Waals surface area contributed by atoms with Gasteiger partial charge in [-0.3, -0.25) is 9.13 Å². The smallest absolute Gasteiger partial charge is 0.365 e. The highest BCUT2D eigenvalue weighted by Crippen LogP contribution is 2.70. The van der Waals surface area contributed by atoms with Gasteiger partial charge in [-0.25, -0.2) is 4.98 Å². The largest absolute Gasteiger partial charge is 0.495 e. The molecule has 26 heavy (non-hydrogen) atoms. The molecule has 9 nitrogen and oxygen atoms in total. The summed E-state index contributed by atoms with van der Waals surface area (Å²) in [6.07, 6.45) is 1.47. The van der Waals surface area contributed by atoms with Crippen molar-refractivity contribution in [3.8, 4) is 5.75 Å². The maximum atomic E-state index is 13.3. The summed E-state index contributed by atoms with van der Waals surface area (Å²) in [5.41, 5.74) is -1.37. The van der Waals surface area contributed by atoms with Crippen LogP contribution in [-0.4, -0.2) is 44.0 Å². The Morgan fingerprint density at radius 1 is 0.923 bits per heavy atom. The zero-order chi connectivity index (χ0) is 19.6. The molecule has 0 aliphatic rings. The van der Waals surface area contributed by atoms with Crippen molar-refractivity contribution in [3.05, 3.63) is 18.3 Å². The Bertz CT molecular complexity index is 577. The van der Waals surface area contributed by atoms with E-state index in [9.17, 15) is 9.13 Å². The summed E-state index contributed by atoms with van der Waals surface area (Å²) >= 11 is 0. The minimum Gasteiger partial charge on any atom is -0.495 e. The summed E-state index contributed by atoms with van der Waals surface area (Å²) in [6.45, 7) is 7.07. The van der Waals surface area contributed by atoms with Crippen LogP contribution in [0.15, 0.2) is 18.3 Å². The lowest BCUT2D eigenvalue weighted by molar-refractivity contribution is 0.198. The molecule has 1 rings (SSSR count). The second kappa shape index (κ2) is 11.0. The lowest BCUT2D eigenvalue weighted by Gasteiger charge is -2.31. The first-order chi connectivity index (χ1) is 12.4. The third kappa shape index (κ3) is 6.05. The third-order valence-corrected chi connectivity index (χ3v) is 8.71. The zero-order valence-corrected chi connectivity index (χ0v) is 17.6. The molecule has 0 aliphatic heterocycles. The quantitative estimate of drug-likeness (QED) is 0.476. The fraction of sp³-hybridized carbons (Fsp3) is 0.667. The Hall–Kier alpha value is -0.950. The molecular formula is C15H28N2O7P2. The van der Waals surface area contributed by atoms with Gasteiger partial charge < -0.3 is 28.1 Å². The Morgan fingerprint density at radius 2 is 1.38 bits per heavy atom. The molecular weight excluding hydrogens is 382 g/mol. The first-order valence-electron chi connectivity index (χ1n) is 8.43. The fourth-order valence-electron chi connectivity index (χ4n) is 2.13. The minimum absolute atomic E-state index is 0.101. The van der Waals surface area contributed by atoms with Crippen LogP contribution in [0.5, 0.6) is 5.75 Å². The Kier molecular flexibility index (Phi) is 9.79. The summed E-state index contributed by atoms with van der Waals surface area (Å²) < 4.78 is 53.3. The number of ether oxygens (including phenoxy) is 1. The molecule has 0 spiro atoms. The average molecular weight is 410 g/mol. The van der Waals surface area contributed by atoms with E-state index >= 15 is 0 Å². The lowest BCUT2D eigenvalue weighted by Crippen LogP contribution is -2.26. The van der Waals surface area contributed by atoms with E-state index in [1.807, 2.05) is 0 Å². The molecule has 1 aromatic rings. The van der Waals surface area contributed by atoms with Crippen LogP contribution in [0.2, 0.25) is 0 Å². The third-order valence-electron chi connectivity index (χ3n) is 3.08. The highest BCUT2D eigenvalue weighted by atomic mass is 31.2. The van der Waals surface area contributed by atoms with E-state index in [1.54, 1.807) is 39.8 Å². The number of hydrogen-bond donors (Lipinski definition) is 1. The maximum Gasteiger partial charge on any atom is 0.365 e. The van der Waals surface area contributed by atoms with Crippen molar-refractivity contribution in [1.82, 2.24) is 4.98 Å². The van der Waals surface area contributed by atoms with Gasteiger partial charge in [0.2, 0.25) is 5.52 Å². The van der Waals surface area contributed by atoms with E-state index in [4.69, 9.17) is 22.8 Å². The maximum absolute atomic E-state index is 13.3. The van der Waals surface area contributed by atoms with Gasteiger partial charge in [-0.2, -0.15) is 0 Å². The van der Waals surface area contributed by atoms with Gasteiger partial charge in [0.25, 0.3) is 0 Å². The number of nitrogens with one attached hydrogen (secondary N) is 1. The van der Waals surface area contributed by atoms with Gasteiger partial charge in [0, 0.05) is 0 Å². The Morgan fingerprint density at radius 3 is 1.69 bits per heavy atom. The van der Waals surface area contributed by atoms with Crippen molar-refractivity contribution in [1.29, 1.82) is 0 Å². The molecule has 0 aromatic carbocycles. The van der Waals surface area contributed by atoms with E-state index in [0.717, 1.165) is 0 Å². The van der Waals surface area contributed by atoms with Crippen molar-refractivity contribution < 1.29 is 32.0 Å². The molecule has 0 saturated heterocycles.